The Bertz CT molecular complexity index is 1940. The highest BCUT2D eigenvalue weighted by atomic mass is 32.3. The Labute approximate surface area is 448 Å². The summed E-state index contributed by atoms with van der Waals surface area (Å²) in [7, 11) is -5.15. The van der Waals surface area contributed by atoms with Crippen molar-refractivity contribution in [1.82, 2.24) is 21.3 Å². The van der Waals surface area contributed by atoms with E-state index in [1.807, 2.05) is 0 Å². The van der Waals surface area contributed by atoms with Crippen LogP contribution in [-0.2, 0) is 66.9 Å². The maximum absolute atomic E-state index is 13.3. The third kappa shape index (κ3) is 20.4. The minimum Gasteiger partial charge on any atom is -0.394 e. The molecule has 4 heterocycles. The molecule has 0 aromatic rings. The molecule has 0 aromatic carbocycles. The molecule has 77 heavy (non-hydrogen) atoms. The lowest BCUT2D eigenvalue weighted by Gasteiger charge is -2.51. The second kappa shape index (κ2) is 32.9. The average molecular weight is 1130 g/mol. The summed E-state index contributed by atoms with van der Waals surface area (Å²) in [6.45, 7) is 1.42. The van der Waals surface area contributed by atoms with Crippen LogP contribution in [0.2, 0.25) is 0 Å². The van der Waals surface area contributed by atoms with Gasteiger partial charge in [0.05, 0.1) is 26.4 Å². The van der Waals surface area contributed by atoms with Crippen LogP contribution in [-0.4, -0.2) is 232 Å². The minimum atomic E-state index is -5.15. The molecule has 1 unspecified atom stereocenters. The van der Waals surface area contributed by atoms with E-state index in [-0.39, 0.29) is 6.42 Å². The molecule has 14 N–H and O–H groups in total. The first-order chi connectivity index (χ1) is 36.5. The number of rotatable bonds is 31. The van der Waals surface area contributed by atoms with Crippen molar-refractivity contribution in [2.75, 3.05) is 26.4 Å². The van der Waals surface area contributed by atoms with Crippen molar-refractivity contribution in [1.29, 1.82) is 0 Å². The quantitative estimate of drug-likeness (QED) is 0.0183. The number of allylic oxidation sites excluding steroid dienone is 2. The maximum atomic E-state index is 13.3. The van der Waals surface area contributed by atoms with E-state index >= 15 is 0 Å². The van der Waals surface area contributed by atoms with Crippen LogP contribution in [0.5, 0.6) is 0 Å². The summed E-state index contributed by atoms with van der Waals surface area (Å²) in [6.07, 6.45) is -10.8. The summed E-state index contributed by atoms with van der Waals surface area (Å²) in [4.78, 5) is 50.5. The van der Waals surface area contributed by atoms with Crippen LogP contribution in [0.15, 0.2) is 12.2 Å². The Morgan fingerprint density at radius 1 is 0.494 bits per heavy atom. The second-order valence-corrected chi connectivity index (χ2v) is 20.9. The highest BCUT2D eigenvalue weighted by molar-refractivity contribution is 7.80. The third-order valence-corrected chi connectivity index (χ3v) is 14.1. The lowest BCUT2D eigenvalue weighted by atomic mass is 9.93. The Kier molecular flexibility index (Phi) is 28.4. The highest BCUT2D eigenvalue weighted by Gasteiger charge is 2.56. The van der Waals surface area contributed by atoms with E-state index in [0.29, 0.717) is 6.42 Å². The Hall–Kier alpha value is -3.15. The Balaban J connectivity index is 1.47. The van der Waals surface area contributed by atoms with Gasteiger partial charge in [0.1, 0.15) is 97.4 Å². The molecule has 446 valence electrons. The van der Waals surface area contributed by atoms with Crippen molar-refractivity contribution in [3.63, 3.8) is 0 Å². The molecule has 0 bridgehead atoms. The van der Waals surface area contributed by atoms with Gasteiger partial charge in [-0.15, -0.1) is 0 Å². The monoisotopic (exact) mass is 1130 g/mol. The van der Waals surface area contributed by atoms with Crippen molar-refractivity contribution in [2.45, 2.75) is 240 Å². The fraction of sp³-hybridized carbons (Fsp3) is 0.875. The van der Waals surface area contributed by atoms with E-state index in [1.165, 1.54) is 38.5 Å². The van der Waals surface area contributed by atoms with Crippen LogP contribution in [0.4, 0.5) is 0 Å². The molecule has 4 saturated heterocycles. The summed E-state index contributed by atoms with van der Waals surface area (Å²) in [5.41, 5.74) is 0. The van der Waals surface area contributed by atoms with E-state index in [0.717, 1.165) is 59.3 Å². The van der Waals surface area contributed by atoms with Crippen molar-refractivity contribution < 1.29 is 115 Å². The van der Waals surface area contributed by atoms with Gasteiger partial charge in [-0.25, -0.2) is 4.18 Å². The molecule has 4 fully saturated rings. The van der Waals surface area contributed by atoms with E-state index in [2.05, 4.69) is 44.5 Å². The SMILES string of the molecule is CCCCCCCC/C=C\CCCCCCCC(=O)N[C@H]1[C@H](O[C@H]2[C@H](O)[C@@H](NC(C)=O)[C@H](O[C@H]3[C@H](O)[C@@H](NC(C)=O)[C@H](O[C@H]4[C@H](O)[C@@H](NC(C)=O)C(O)O[C@@H]4COS(=O)(=O)O)O[C@@H]3CO)O[C@@H]2CO)O[C@H](CO)[C@@H](O)[C@@H]1O. The Morgan fingerprint density at radius 2 is 0.883 bits per heavy atom. The zero-order valence-corrected chi connectivity index (χ0v) is 44.8. The molecule has 4 aliphatic rings. The zero-order chi connectivity index (χ0) is 57.0. The molecule has 20 atom stereocenters. The summed E-state index contributed by atoms with van der Waals surface area (Å²) in [5.74, 6) is -2.91. The number of ether oxygens (including phenoxy) is 7. The first-order valence-corrected chi connectivity index (χ1v) is 27.8. The highest BCUT2D eigenvalue weighted by Crippen LogP contribution is 2.35. The smallest absolute Gasteiger partial charge is 0.394 e. The zero-order valence-electron chi connectivity index (χ0n) is 44.0. The molecular weight excluding hydrogens is 1050 g/mol. The summed E-state index contributed by atoms with van der Waals surface area (Å²) >= 11 is 0. The molecule has 0 spiro atoms. The van der Waals surface area contributed by atoms with Crippen LogP contribution in [0.3, 0.4) is 0 Å². The van der Waals surface area contributed by atoms with Gasteiger partial charge in [0.25, 0.3) is 0 Å². The van der Waals surface area contributed by atoms with E-state index in [1.54, 1.807) is 0 Å². The van der Waals surface area contributed by atoms with Crippen LogP contribution in [0.25, 0.3) is 0 Å². The third-order valence-electron chi connectivity index (χ3n) is 13.6. The van der Waals surface area contributed by atoms with Crippen molar-refractivity contribution >= 4 is 34.0 Å². The van der Waals surface area contributed by atoms with Crippen LogP contribution >= 0.6 is 0 Å². The molecule has 0 radical (unpaired) electrons. The van der Waals surface area contributed by atoms with Gasteiger partial charge >= 0.3 is 10.4 Å². The normalized spacial score (nSPS) is 35.8. The first-order valence-electron chi connectivity index (χ1n) is 26.4. The molecule has 0 saturated carbocycles. The number of aliphatic hydroxyl groups is 9. The minimum absolute atomic E-state index is 0.0274. The molecule has 28 nitrogen and oxygen atoms in total. The van der Waals surface area contributed by atoms with Crippen LogP contribution in [0.1, 0.15) is 118 Å². The number of hydrogen-bond acceptors (Lipinski definition) is 23. The van der Waals surface area contributed by atoms with Crippen molar-refractivity contribution in [3.8, 4) is 0 Å². The lowest BCUT2D eigenvalue weighted by molar-refractivity contribution is -0.361. The topological polar surface area (TPSA) is 427 Å². The predicted molar refractivity (Wildman–Crippen MR) is 264 cm³/mol. The average Bonchev–Trinajstić information content (AvgIpc) is 3.37. The summed E-state index contributed by atoms with van der Waals surface area (Å²) < 4.78 is 77.9. The van der Waals surface area contributed by atoms with Gasteiger partial charge in [0, 0.05) is 27.2 Å². The van der Waals surface area contributed by atoms with Gasteiger partial charge in [-0.1, -0.05) is 70.4 Å². The molecule has 4 rings (SSSR count). The van der Waals surface area contributed by atoms with E-state index in [4.69, 9.17) is 33.2 Å². The van der Waals surface area contributed by atoms with Crippen molar-refractivity contribution in [3.05, 3.63) is 12.2 Å². The predicted octanol–water partition coefficient (Wildman–Crippen LogP) is -3.33. The summed E-state index contributed by atoms with van der Waals surface area (Å²) in [5, 5.41) is 109. The first kappa shape index (κ1) is 66.4. The van der Waals surface area contributed by atoms with Gasteiger partial charge in [0.2, 0.25) is 23.6 Å². The molecular formula is C48H84N4O24S. The molecule has 4 aliphatic heterocycles. The number of carbonyl (C=O) groups is 4. The Morgan fingerprint density at radius 3 is 1.32 bits per heavy atom. The maximum Gasteiger partial charge on any atom is 0.397 e. The van der Waals surface area contributed by atoms with Gasteiger partial charge in [0.15, 0.2) is 25.2 Å². The van der Waals surface area contributed by atoms with E-state index in [9.17, 15) is 78.1 Å². The number of nitrogens with one attached hydrogen (secondary N) is 4. The van der Waals surface area contributed by atoms with E-state index < -0.39 is 183 Å². The molecule has 0 aliphatic carbocycles. The van der Waals surface area contributed by atoms with Crippen LogP contribution in [0, 0.1) is 0 Å². The largest absolute Gasteiger partial charge is 0.397 e. The fourth-order valence-electron chi connectivity index (χ4n) is 9.69. The standard InChI is InChI=1S/C48H84N4O24S/c1-5-6-7-8-9-10-11-12-13-14-15-16-17-18-19-20-32(59)52-34-38(61)37(60)28(21-53)71-46(34)74-42-29(22-54)72-47(35(40(42)63)50-26(3)57)75-43-30(23-55)73-48(36(41(43)64)51-27(4)58)76-44-31(24-69-77(66,67)68)70-45(65)33(39(44)62)49-25(2)56/h12-13,28-31,33-48,53-55,60-65H,5-11,14-24H2,1-4H3,(H,49,56)(H,50,57)(H,51,58)(H,52,59)(H,66,67,68)/b13-12-/t28-,29-,30-,31-,33-,34-,35-,36-,37-,38-,39-,40-,41-,42-,43-,44-,45?,46+,47+,48+/m1/s1. The molecule has 4 amide bonds. The summed E-state index contributed by atoms with van der Waals surface area (Å²) in [6, 6.07) is -6.58. The number of hydrogen-bond donors (Lipinski definition) is 14. The number of amides is 4. The van der Waals surface area contributed by atoms with Gasteiger partial charge in [-0.3, -0.25) is 23.7 Å². The number of aliphatic hydroxyl groups excluding tert-OH is 9. The van der Waals surface area contributed by atoms with Gasteiger partial charge < -0.3 is 100 Å². The molecule has 29 heteroatoms. The lowest BCUT2D eigenvalue weighted by Crippen LogP contribution is -2.71. The molecule has 0 aromatic heterocycles. The van der Waals surface area contributed by atoms with Gasteiger partial charge in [-0.05, 0) is 32.1 Å². The fourth-order valence-corrected chi connectivity index (χ4v) is 10.00. The van der Waals surface area contributed by atoms with Gasteiger partial charge in [-0.2, -0.15) is 8.42 Å². The number of carbonyl (C=O) groups excluding carboxylic acids is 4. The number of unbranched alkanes of at least 4 members (excludes halogenated alkanes) is 11. The van der Waals surface area contributed by atoms with Crippen LogP contribution < -0.4 is 21.3 Å². The second-order valence-electron chi connectivity index (χ2n) is 19.8. The van der Waals surface area contributed by atoms with Crippen molar-refractivity contribution in [2.24, 2.45) is 0 Å².